The third-order valence-electron chi connectivity index (χ3n) is 3.99. The molecule has 0 spiro atoms. The van der Waals surface area contributed by atoms with Gasteiger partial charge in [0.15, 0.2) is 0 Å². The van der Waals surface area contributed by atoms with Crippen LogP contribution in [-0.2, 0) is 0 Å². The smallest absolute Gasteiger partial charge is 0.276 e. The molecule has 1 N–H and O–H groups in total. The van der Waals surface area contributed by atoms with Crippen LogP contribution in [0.1, 0.15) is 29.8 Å². The summed E-state index contributed by atoms with van der Waals surface area (Å²) < 4.78 is 0. The highest BCUT2D eigenvalue weighted by molar-refractivity contribution is 5.95. The number of rotatable bonds is 8. The third-order valence-corrected chi connectivity index (χ3v) is 3.99. The van der Waals surface area contributed by atoms with E-state index in [9.17, 15) is 14.9 Å². The number of hydrogen-bond acceptors (Lipinski definition) is 5. The van der Waals surface area contributed by atoms with E-state index >= 15 is 0 Å². The lowest BCUT2D eigenvalue weighted by Gasteiger charge is -2.20. The van der Waals surface area contributed by atoms with Gasteiger partial charge in [-0.2, -0.15) is 5.10 Å². The first-order chi connectivity index (χ1) is 13.1. The molecule has 0 bridgehead atoms. The van der Waals surface area contributed by atoms with E-state index in [-0.39, 0.29) is 11.6 Å². The predicted octanol–water partition coefficient (Wildman–Crippen LogP) is 3.87. The van der Waals surface area contributed by atoms with E-state index in [2.05, 4.69) is 29.3 Å². The van der Waals surface area contributed by atoms with Crippen molar-refractivity contribution in [2.24, 2.45) is 5.10 Å². The fourth-order valence-electron chi connectivity index (χ4n) is 2.56. The third kappa shape index (κ3) is 5.50. The molecule has 140 valence electrons. The van der Waals surface area contributed by atoms with Gasteiger partial charge in [-0.05, 0) is 56.3 Å². The lowest BCUT2D eigenvalue weighted by Crippen LogP contribution is -2.22. The predicted molar refractivity (Wildman–Crippen MR) is 108 cm³/mol. The number of nitrogens with one attached hydrogen (secondary N) is 1. The second-order valence-corrected chi connectivity index (χ2v) is 5.61. The largest absolute Gasteiger partial charge is 0.372 e. The summed E-state index contributed by atoms with van der Waals surface area (Å²) in [7, 11) is 0. The van der Waals surface area contributed by atoms with Crippen molar-refractivity contribution in [2.75, 3.05) is 18.0 Å². The lowest BCUT2D eigenvalue weighted by molar-refractivity contribution is -0.385. The first kappa shape index (κ1) is 19.8. The van der Waals surface area contributed by atoms with E-state index in [0.29, 0.717) is 11.1 Å². The van der Waals surface area contributed by atoms with Crippen LogP contribution in [0.3, 0.4) is 0 Å². The number of carbonyl (C=O) groups is 1. The molecule has 2 aromatic rings. The zero-order valence-corrected chi connectivity index (χ0v) is 15.3. The highest BCUT2D eigenvalue weighted by atomic mass is 16.6. The molecular formula is C20H22N4O3. The Hall–Kier alpha value is -3.48. The molecule has 0 aliphatic carbocycles. The standard InChI is InChI=1S/C20H22N4O3/c1-3-23(4-2)18-13-11-17(12-14-18)20(25)22-21-15-7-9-16-8-5-6-10-19(16)24(26)27/h5-15H,3-4H2,1-2H3,(H,22,25). The Morgan fingerprint density at radius 2 is 1.81 bits per heavy atom. The second-order valence-electron chi connectivity index (χ2n) is 5.61. The number of hydrazone groups is 1. The number of anilines is 1. The number of nitrogens with zero attached hydrogens (tertiary/aromatic N) is 3. The van der Waals surface area contributed by atoms with Crippen LogP contribution >= 0.6 is 0 Å². The molecule has 0 fully saturated rings. The average Bonchev–Trinajstić information content (AvgIpc) is 2.69. The van der Waals surface area contributed by atoms with E-state index in [4.69, 9.17) is 0 Å². The van der Waals surface area contributed by atoms with Gasteiger partial charge in [-0.25, -0.2) is 5.43 Å². The Bertz CT molecular complexity index is 841. The molecule has 0 radical (unpaired) electrons. The monoisotopic (exact) mass is 366 g/mol. The number of hydrogen-bond donors (Lipinski definition) is 1. The number of carbonyl (C=O) groups excluding carboxylic acids is 1. The molecule has 2 aromatic carbocycles. The Balaban J connectivity index is 1.94. The summed E-state index contributed by atoms with van der Waals surface area (Å²) in [4.78, 5) is 24.8. The Morgan fingerprint density at radius 1 is 1.15 bits per heavy atom. The molecule has 2 rings (SSSR count). The minimum atomic E-state index is -0.444. The molecule has 1 amide bonds. The van der Waals surface area contributed by atoms with Crippen molar-refractivity contribution in [1.82, 2.24) is 5.43 Å². The maximum absolute atomic E-state index is 12.1. The second kappa shape index (κ2) is 9.86. The molecule has 7 nitrogen and oxygen atoms in total. The number of benzene rings is 2. The van der Waals surface area contributed by atoms with Crippen molar-refractivity contribution in [3.05, 3.63) is 75.8 Å². The molecule has 0 aromatic heterocycles. The van der Waals surface area contributed by atoms with Gasteiger partial charge in [0.25, 0.3) is 11.6 Å². The van der Waals surface area contributed by atoms with Crippen LogP contribution in [0.5, 0.6) is 0 Å². The number of nitro benzene ring substituents is 1. The van der Waals surface area contributed by atoms with Gasteiger partial charge in [0.05, 0.1) is 10.5 Å². The van der Waals surface area contributed by atoms with Crippen LogP contribution in [0, 0.1) is 10.1 Å². The molecule has 0 aliphatic heterocycles. The highest BCUT2D eigenvalue weighted by Gasteiger charge is 2.09. The minimum Gasteiger partial charge on any atom is -0.372 e. The molecule has 0 unspecified atom stereocenters. The zero-order valence-electron chi connectivity index (χ0n) is 15.3. The summed E-state index contributed by atoms with van der Waals surface area (Å²) in [6.07, 6.45) is 4.47. The average molecular weight is 366 g/mol. The maximum atomic E-state index is 12.1. The molecule has 0 saturated carbocycles. The first-order valence-electron chi connectivity index (χ1n) is 8.65. The molecule has 0 atom stereocenters. The van der Waals surface area contributed by atoms with Gasteiger partial charge in [-0.15, -0.1) is 0 Å². The van der Waals surface area contributed by atoms with Gasteiger partial charge in [-0.3, -0.25) is 14.9 Å². The van der Waals surface area contributed by atoms with Crippen molar-refractivity contribution >= 4 is 29.6 Å². The Morgan fingerprint density at radius 3 is 2.44 bits per heavy atom. The van der Waals surface area contributed by atoms with Crippen LogP contribution in [0.2, 0.25) is 0 Å². The highest BCUT2D eigenvalue weighted by Crippen LogP contribution is 2.18. The topological polar surface area (TPSA) is 87.8 Å². The van der Waals surface area contributed by atoms with Crippen molar-refractivity contribution < 1.29 is 9.72 Å². The van der Waals surface area contributed by atoms with Crippen molar-refractivity contribution in [3.8, 4) is 0 Å². The van der Waals surface area contributed by atoms with Crippen molar-refractivity contribution in [1.29, 1.82) is 0 Å². The van der Waals surface area contributed by atoms with Gasteiger partial charge in [-0.1, -0.05) is 12.1 Å². The molecule has 27 heavy (non-hydrogen) atoms. The van der Waals surface area contributed by atoms with Gasteiger partial charge < -0.3 is 4.90 Å². The fourth-order valence-corrected chi connectivity index (χ4v) is 2.56. The summed E-state index contributed by atoms with van der Waals surface area (Å²) in [6.45, 7) is 5.96. The summed E-state index contributed by atoms with van der Waals surface area (Å²) in [5, 5.41) is 14.8. The van der Waals surface area contributed by atoms with Crippen LogP contribution in [-0.4, -0.2) is 30.1 Å². The van der Waals surface area contributed by atoms with Crippen LogP contribution in [0.25, 0.3) is 6.08 Å². The lowest BCUT2D eigenvalue weighted by atomic mass is 10.1. The van der Waals surface area contributed by atoms with E-state index in [1.165, 1.54) is 18.4 Å². The summed E-state index contributed by atoms with van der Waals surface area (Å²) >= 11 is 0. The summed E-state index contributed by atoms with van der Waals surface area (Å²) in [5.74, 6) is -0.323. The minimum absolute atomic E-state index is 0.0134. The van der Waals surface area contributed by atoms with Gasteiger partial charge in [0.1, 0.15) is 0 Å². The Kier molecular flexibility index (Phi) is 7.25. The summed E-state index contributed by atoms with van der Waals surface area (Å²) in [6, 6.07) is 13.7. The molecule has 0 aliphatic rings. The SMILES string of the molecule is CCN(CC)c1ccc(C(=O)NN=CC=Cc2ccccc2[N+](=O)[O-])cc1. The van der Waals surface area contributed by atoms with E-state index in [1.54, 1.807) is 36.4 Å². The molecular weight excluding hydrogens is 344 g/mol. The van der Waals surface area contributed by atoms with E-state index in [0.717, 1.165) is 18.8 Å². The van der Waals surface area contributed by atoms with E-state index < -0.39 is 4.92 Å². The van der Waals surface area contributed by atoms with E-state index in [1.807, 2.05) is 12.1 Å². The van der Waals surface area contributed by atoms with Gasteiger partial charge in [0.2, 0.25) is 0 Å². The first-order valence-corrected chi connectivity index (χ1v) is 8.65. The summed E-state index contributed by atoms with van der Waals surface area (Å²) in [5.41, 5.74) is 4.48. The number of para-hydroxylation sites is 1. The molecule has 0 heterocycles. The van der Waals surface area contributed by atoms with Crippen molar-refractivity contribution in [3.63, 3.8) is 0 Å². The van der Waals surface area contributed by atoms with Crippen LogP contribution in [0.15, 0.2) is 59.7 Å². The van der Waals surface area contributed by atoms with Crippen LogP contribution < -0.4 is 10.3 Å². The molecule has 0 saturated heterocycles. The number of allylic oxidation sites excluding steroid dienone is 1. The van der Waals surface area contributed by atoms with Crippen LogP contribution in [0.4, 0.5) is 11.4 Å². The number of nitro groups is 1. The number of amides is 1. The maximum Gasteiger partial charge on any atom is 0.276 e. The zero-order chi connectivity index (χ0) is 19.6. The molecule has 7 heteroatoms. The van der Waals surface area contributed by atoms with Gasteiger partial charge in [0, 0.05) is 36.6 Å². The normalized spacial score (nSPS) is 11.0. The van der Waals surface area contributed by atoms with Crippen molar-refractivity contribution in [2.45, 2.75) is 13.8 Å². The quantitative estimate of drug-likeness (QED) is 0.436. The Labute approximate surface area is 158 Å². The van der Waals surface area contributed by atoms with Gasteiger partial charge >= 0.3 is 0 Å². The fraction of sp³-hybridized carbons (Fsp3) is 0.200.